The summed E-state index contributed by atoms with van der Waals surface area (Å²) in [5.41, 5.74) is -1.31. The van der Waals surface area contributed by atoms with Gasteiger partial charge >= 0.3 is 6.18 Å². The van der Waals surface area contributed by atoms with E-state index in [0.29, 0.717) is 6.07 Å². The highest BCUT2D eigenvalue weighted by atomic mass is 35.5. The molecule has 2 nitrogen and oxygen atoms in total. The van der Waals surface area contributed by atoms with Crippen LogP contribution in [0.4, 0.5) is 13.2 Å². The number of hydrogen-bond donors (Lipinski definition) is 0. The summed E-state index contributed by atoms with van der Waals surface area (Å²) in [7, 11) is 1.16. The second-order valence-corrected chi connectivity index (χ2v) is 3.74. The molecule has 1 aromatic carbocycles. The predicted molar refractivity (Wildman–Crippen MR) is 58.1 cm³/mol. The van der Waals surface area contributed by atoms with Gasteiger partial charge in [-0.1, -0.05) is 11.6 Å². The van der Waals surface area contributed by atoms with Gasteiger partial charge in [-0.2, -0.15) is 13.2 Å². The lowest BCUT2D eigenvalue weighted by Gasteiger charge is -2.13. The van der Waals surface area contributed by atoms with Crippen LogP contribution in [0.2, 0.25) is 5.02 Å². The lowest BCUT2D eigenvalue weighted by Crippen LogP contribution is -2.10. The molecule has 0 aliphatic heterocycles. The largest absolute Gasteiger partial charge is 0.495 e. The fraction of sp³-hybridized carbons (Fsp3) is 0.300. The number of methoxy groups -OCH3 is 1. The quantitative estimate of drug-likeness (QED) is 0.624. The fourth-order valence-electron chi connectivity index (χ4n) is 1.19. The number of halogens is 5. The van der Waals surface area contributed by atoms with Crippen LogP contribution >= 0.6 is 23.2 Å². The molecular weight excluding hydrogens is 280 g/mol. The van der Waals surface area contributed by atoms with Gasteiger partial charge in [0.15, 0.2) is 5.78 Å². The number of alkyl halides is 4. The van der Waals surface area contributed by atoms with Crippen molar-refractivity contribution in [1.82, 2.24) is 0 Å². The molecule has 0 atom stereocenters. The van der Waals surface area contributed by atoms with E-state index < -0.39 is 28.4 Å². The van der Waals surface area contributed by atoms with Gasteiger partial charge in [0.25, 0.3) is 0 Å². The molecule has 0 bridgehead atoms. The first kappa shape index (κ1) is 14.1. The summed E-state index contributed by atoms with van der Waals surface area (Å²) in [5.74, 6) is -1.26. The second-order valence-electron chi connectivity index (χ2n) is 3.09. The monoisotopic (exact) mass is 286 g/mol. The highest BCUT2D eigenvalue weighted by Crippen LogP contribution is 2.40. The Balaban J connectivity index is 3.44. The minimum absolute atomic E-state index is 0.187. The van der Waals surface area contributed by atoms with Gasteiger partial charge in [-0.15, -0.1) is 11.6 Å². The molecule has 0 aliphatic rings. The standard InChI is InChI=1S/C10H7Cl2F3O2/c1-17-8-3-5(7(16)4-11)2-6(9(8)12)10(13,14)15/h2-3H,4H2,1H3. The van der Waals surface area contributed by atoms with Crippen LogP contribution in [-0.2, 0) is 6.18 Å². The second kappa shape index (κ2) is 5.14. The number of rotatable bonds is 3. The van der Waals surface area contributed by atoms with Crippen LogP contribution in [0, 0.1) is 0 Å². The van der Waals surface area contributed by atoms with Gasteiger partial charge in [-0.05, 0) is 12.1 Å². The topological polar surface area (TPSA) is 26.3 Å². The minimum Gasteiger partial charge on any atom is -0.495 e. The average molecular weight is 287 g/mol. The first-order valence-electron chi connectivity index (χ1n) is 4.35. The van der Waals surface area contributed by atoms with E-state index in [4.69, 9.17) is 23.2 Å². The zero-order chi connectivity index (χ0) is 13.2. The first-order valence-corrected chi connectivity index (χ1v) is 5.26. The highest BCUT2D eigenvalue weighted by Gasteiger charge is 2.35. The summed E-state index contributed by atoms with van der Waals surface area (Å²) in [4.78, 5) is 11.3. The van der Waals surface area contributed by atoms with E-state index in [-0.39, 0.29) is 11.3 Å². The van der Waals surface area contributed by atoms with E-state index in [9.17, 15) is 18.0 Å². The van der Waals surface area contributed by atoms with Crippen LogP contribution < -0.4 is 4.74 Å². The Morgan fingerprint density at radius 2 is 2.00 bits per heavy atom. The molecule has 0 saturated heterocycles. The van der Waals surface area contributed by atoms with Crippen molar-refractivity contribution in [2.24, 2.45) is 0 Å². The molecule has 0 heterocycles. The maximum absolute atomic E-state index is 12.6. The van der Waals surface area contributed by atoms with Crippen LogP contribution in [0.5, 0.6) is 5.75 Å². The van der Waals surface area contributed by atoms with Gasteiger partial charge in [0.1, 0.15) is 5.75 Å². The van der Waals surface area contributed by atoms with E-state index >= 15 is 0 Å². The van der Waals surface area contributed by atoms with E-state index in [2.05, 4.69) is 4.74 Å². The Bertz CT molecular complexity index is 444. The number of ketones is 1. The molecule has 1 aromatic rings. The van der Waals surface area contributed by atoms with Crippen molar-refractivity contribution < 1.29 is 22.7 Å². The Morgan fingerprint density at radius 1 is 1.41 bits per heavy atom. The average Bonchev–Trinajstić information content (AvgIpc) is 2.26. The molecule has 0 aliphatic carbocycles. The summed E-state index contributed by atoms with van der Waals surface area (Å²) in [5, 5.41) is -0.578. The molecule has 0 radical (unpaired) electrons. The lowest BCUT2D eigenvalue weighted by molar-refractivity contribution is -0.137. The molecule has 0 spiro atoms. The van der Waals surface area contributed by atoms with E-state index in [1.54, 1.807) is 0 Å². The molecule has 0 amide bonds. The van der Waals surface area contributed by atoms with Gasteiger partial charge in [0.05, 0.1) is 23.6 Å². The molecular formula is C10H7Cl2F3O2. The summed E-state index contributed by atoms with van der Waals surface area (Å²) in [6.07, 6.45) is -4.66. The molecule has 0 fully saturated rings. The maximum Gasteiger partial charge on any atom is 0.418 e. The van der Waals surface area contributed by atoms with Crippen LogP contribution in [0.25, 0.3) is 0 Å². The third-order valence-electron chi connectivity index (χ3n) is 2.01. The van der Waals surface area contributed by atoms with Crippen molar-refractivity contribution in [3.63, 3.8) is 0 Å². The first-order chi connectivity index (χ1) is 7.81. The minimum atomic E-state index is -4.66. The normalized spacial score (nSPS) is 11.4. The van der Waals surface area contributed by atoms with Gasteiger partial charge in [-0.3, -0.25) is 4.79 Å². The molecule has 0 aromatic heterocycles. The van der Waals surface area contributed by atoms with Crippen molar-refractivity contribution in [1.29, 1.82) is 0 Å². The summed E-state index contributed by atoms with van der Waals surface area (Å²) < 4.78 is 42.6. The third-order valence-corrected chi connectivity index (χ3v) is 2.64. The summed E-state index contributed by atoms with van der Waals surface area (Å²) >= 11 is 10.8. The van der Waals surface area contributed by atoms with Crippen molar-refractivity contribution in [2.45, 2.75) is 6.18 Å². The van der Waals surface area contributed by atoms with Crippen molar-refractivity contribution in [3.8, 4) is 5.75 Å². The third kappa shape index (κ3) is 3.04. The maximum atomic E-state index is 12.6. The molecule has 7 heteroatoms. The number of ether oxygens (including phenoxy) is 1. The lowest BCUT2D eigenvalue weighted by atomic mass is 10.1. The van der Waals surface area contributed by atoms with Gasteiger partial charge in [-0.25, -0.2) is 0 Å². The smallest absolute Gasteiger partial charge is 0.418 e. The van der Waals surface area contributed by atoms with E-state index in [1.165, 1.54) is 0 Å². The van der Waals surface area contributed by atoms with Crippen LogP contribution in [0.3, 0.4) is 0 Å². The number of Topliss-reactive ketones (excluding diaryl/α,β-unsaturated/α-hetero) is 1. The fourth-order valence-corrected chi connectivity index (χ4v) is 1.64. The highest BCUT2D eigenvalue weighted by molar-refractivity contribution is 6.33. The molecule has 0 N–H and O–H groups in total. The number of carbonyl (C=O) groups excluding carboxylic acids is 1. The Morgan fingerprint density at radius 3 is 2.41 bits per heavy atom. The van der Waals surface area contributed by atoms with Gasteiger partial charge < -0.3 is 4.74 Å². The number of hydrogen-bond acceptors (Lipinski definition) is 2. The summed E-state index contributed by atoms with van der Waals surface area (Å²) in [6, 6.07) is 1.79. The predicted octanol–water partition coefficient (Wildman–Crippen LogP) is 3.79. The van der Waals surface area contributed by atoms with Crippen molar-refractivity contribution in [2.75, 3.05) is 13.0 Å². The molecule has 17 heavy (non-hydrogen) atoms. The Kier molecular flexibility index (Phi) is 4.27. The Labute approximate surface area is 105 Å². The van der Waals surface area contributed by atoms with Gasteiger partial charge in [0.2, 0.25) is 0 Å². The zero-order valence-electron chi connectivity index (χ0n) is 8.57. The molecule has 0 unspecified atom stereocenters. The van der Waals surface area contributed by atoms with Crippen molar-refractivity contribution >= 4 is 29.0 Å². The number of benzene rings is 1. The van der Waals surface area contributed by atoms with Crippen LogP contribution in [-0.4, -0.2) is 18.8 Å². The zero-order valence-corrected chi connectivity index (χ0v) is 10.1. The van der Waals surface area contributed by atoms with Gasteiger partial charge in [0, 0.05) is 5.56 Å². The molecule has 94 valence electrons. The Hall–Kier alpha value is -0.940. The number of carbonyl (C=O) groups is 1. The van der Waals surface area contributed by atoms with E-state index in [1.807, 2.05) is 0 Å². The van der Waals surface area contributed by atoms with Crippen LogP contribution in [0.15, 0.2) is 12.1 Å². The van der Waals surface area contributed by atoms with Crippen LogP contribution in [0.1, 0.15) is 15.9 Å². The molecule has 0 saturated carbocycles. The van der Waals surface area contributed by atoms with Crippen molar-refractivity contribution in [3.05, 3.63) is 28.3 Å². The van der Waals surface area contributed by atoms with E-state index in [0.717, 1.165) is 13.2 Å². The molecule has 1 rings (SSSR count). The SMILES string of the molecule is COc1cc(C(=O)CCl)cc(C(F)(F)F)c1Cl. The summed E-state index contributed by atoms with van der Waals surface area (Å²) in [6.45, 7) is 0.